The Hall–Kier alpha value is -2.57. The lowest BCUT2D eigenvalue weighted by atomic mass is 9.86. The Kier molecular flexibility index (Phi) is 10.7. The molecule has 4 rings (SSSR count). The van der Waals surface area contributed by atoms with Gasteiger partial charge in [-0.3, -0.25) is 0 Å². The molecule has 3 N–H and O–H groups in total. The van der Waals surface area contributed by atoms with E-state index in [4.69, 9.17) is 29.2 Å². The fraction of sp³-hybridized carbons (Fsp3) is 0.571. The highest BCUT2D eigenvalue weighted by molar-refractivity contribution is 5.14. The summed E-state index contributed by atoms with van der Waals surface area (Å²) in [7, 11) is 0. The highest BCUT2D eigenvalue weighted by Crippen LogP contribution is 2.34. The molecular formula is C28H37N3O8. The minimum absolute atomic E-state index is 0.140. The Balaban J connectivity index is 1.53. The summed E-state index contributed by atoms with van der Waals surface area (Å²) >= 11 is 0. The first kappa shape index (κ1) is 29.4. The average molecular weight is 544 g/mol. The van der Waals surface area contributed by atoms with Crippen LogP contribution in [-0.2, 0) is 36.9 Å². The number of rotatable bonds is 11. The number of hydrogen-bond donors (Lipinski definition) is 3. The fourth-order valence-electron chi connectivity index (χ4n) is 5.13. The van der Waals surface area contributed by atoms with Crippen LogP contribution in [0.2, 0.25) is 0 Å². The highest BCUT2D eigenvalue weighted by Gasteiger charge is 2.50. The molecule has 2 aliphatic rings. The summed E-state index contributed by atoms with van der Waals surface area (Å²) in [6, 6.07) is 18.6. The van der Waals surface area contributed by atoms with E-state index in [-0.39, 0.29) is 19.1 Å². The molecule has 0 amide bonds. The molecular weight excluding hydrogens is 506 g/mol. The van der Waals surface area contributed by atoms with Crippen LogP contribution in [0.1, 0.15) is 25.0 Å². The van der Waals surface area contributed by atoms with Gasteiger partial charge < -0.3 is 39.0 Å². The van der Waals surface area contributed by atoms with Crippen LogP contribution < -0.4 is 0 Å². The molecule has 0 spiro atoms. The minimum atomic E-state index is -1.39. The summed E-state index contributed by atoms with van der Waals surface area (Å²) in [4.78, 5) is 2.99. The zero-order chi connectivity index (χ0) is 27.8. The Morgan fingerprint density at radius 3 is 2.13 bits per heavy atom. The summed E-state index contributed by atoms with van der Waals surface area (Å²) in [5.41, 5.74) is 11.0. The van der Waals surface area contributed by atoms with Crippen LogP contribution in [0.5, 0.6) is 0 Å². The predicted molar refractivity (Wildman–Crippen MR) is 140 cm³/mol. The van der Waals surface area contributed by atoms with E-state index in [0.29, 0.717) is 6.61 Å². The lowest BCUT2D eigenvalue weighted by Gasteiger charge is -2.47. The van der Waals surface area contributed by atoms with Crippen molar-refractivity contribution in [2.45, 2.75) is 82.1 Å². The van der Waals surface area contributed by atoms with Crippen LogP contribution in [0.4, 0.5) is 0 Å². The van der Waals surface area contributed by atoms with Crippen LogP contribution in [0, 0.1) is 5.92 Å². The average Bonchev–Trinajstić information content (AvgIpc) is 2.95. The van der Waals surface area contributed by atoms with Gasteiger partial charge in [0, 0.05) is 4.91 Å². The molecule has 4 unspecified atom stereocenters. The molecule has 11 nitrogen and oxygen atoms in total. The molecule has 2 saturated heterocycles. The number of ether oxygens (including phenoxy) is 5. The first-order valence-corrected chi connectivity index (χ1v) is 13.2. The van der Waals surface area contributed by atoms with Gasteiger partial charge in [-0.05, 0) is 29.5 Å². The van der Waals surface area contributed by atoms with E-state index < -0.39 is 61.7 Å². The molecule has 10 atom stereocenters. The van der Waals surface area contributed by atoms with Crippen molar-refractivity contribution in [2.75, 3.05) is 13.2 Å². The molecule has 2 aromatic rings. The second kappa shape index (κ2) is 14.2. The number of aliphatic hydroxyl groups is 3. The second-order valence-corrected chi connectivity index (χ2v) is 10.0. The number of nitrogens with zero attached hydrogens (tertiary/aromatic N) is 3. The van der Waals surface area contributed by atoms with E-state index in [9.17, 15) is 15.3 Å². The summed E-state index contributed by atoms with van der Waals surface area (Å²) in [6.07, 6.45) is -7.70. The highest BCUT2D eigenvalue weighted by atomic mass is 16.7. The SMILES string of the molecule is C[C@@H]1OC(COCc2ccccc2)[C@@H](O[C@@H]2OC(CO)[C@@H](O)[C@H](O)C2OCc2ccccc2)[C@H](C)C1N=[N+]=[N-]. The van der Waals surface area contributed by atoms with Gasteiger partial charge in [0.15, 0.2) is 6.29 Å². The molecule has 0 saturated carbocycles. The van der Waals surface area contributed by atoms with Crippen LogP contribution in [0.15, 0.2) is 65.8 Å². The molecule has 0 aromatic heterocycles. The Labute approximate surface area is 227 Å². The van der Waals surface area contributed by atoms with E-state index in [2.05, 4.69) is 10.0 Å². The zero-order valence-corrected chi connectivity index (χ0v) is 22.1. The van der Waals surface area contributed by atoms with Crippen LogP contribution in [0.3, 0.4) is 0 Å². The van der Waals surface area contributed by atoms with Crippen molar-refractivity contribution in [3.05, 3.63) is 82.2 Å². The topological polar surface area (TPSA) is 156 Å². The van der Waals surface area contributed by atoms with E-state index in [1.807, 2.05) is 74.5 Å². The maximum Gasteiger partial charge on any atom is 0.187 e. The molecule has 0 bridgehead atoms. The van der Waals surface area contributed by atoms with Gasteiger partial charge in [-0.25, -0.2) is 0 Å². The molecule has 0 aliphatic carbocycles. The normalized spacial score (nSPS) is 34.8. The van der Waals surface area contributed by atoms with Gasteiger partial charge in [0.2, 0.25) is 0 Å². The summed E-state index contributed by atoms with van der Waals surface area (Å²) in [5, 5.41) is 35.2. The van der Waals surface area contributed by atoms with E-state index in [1.165, 1.54) is 0 Å². The first-order valence-electron chi connectivity index (χ1n) is 13.2. The predicted octanol–water partition coefficient (Wildman–Crippen LogP) is 2.72. The standard InChI is InChI=1S/C28H37N3O8/c1-17-23(30-31-29)18(2)37-22(16-35-14-19-9-5-3-6-10-19)26(17)39-28-27(25(34)24(33)21(13-32)38-28)36-15-20-11-7-4-8-12-20/h3-12,17-18,21-28,32-34H,13-16H2,1-2H3/t17-,18+,21?,22?,23?,24-,25+,26+,27?,28+/m1/s1. The number of hydrogen-bond acceptors (Lipinski definition) is 9. The van der Waals surface area contributed by atoms with Gasteiger partial charge >= 0.3 is 0 Å². The van der Waals surface area contributed by atoms with Crippen LogP contribution in [-0.4, -0.2) is 83.6 Å². The lowest BCUT2D eigenvalue weighted by molar-refractivity contribution is -0.339. The smallest absolute Gasteiger partial charge is 0.187 e. The number of aliphatic hydroxyl groups excluding tert-OH is 3. The fourth-order valence-corrected chi connectivity index (χ4v) is 5.13. The number of azide groups is 1. The van der Waals surface area contributed by atoms with Crippen molar-refractivity contribution in [3.8, 4) is 0 Å². The van der Waals surface area contributed by atoms with Gasteiger partial charge in [-0.2, -0.15) is 0 Å². The zero-order valence-electron chi connectivity index (χ0n) is 22.1. The van der Waals surface area contributed by atoms with E-state index in [1.54, 1.807) is 0 Å². The maximum absolute atomic E-state index is 10.9. The second-order valence-electron chi connectivity index (χ2n) is 10.0. The lowest BCUT2D eigenvalue weighted by Crippen LogP contribution is -2.63. The maximum atomic E-state index is 10.9. The van der Waals surface area contributed by atoms with Crippen LogP contribution in [0.25, 0.3) is 10.4 Å². The Morgan fingerprint density at radius 2 is 1.51 bits per heavy atom. The molecule has 212 valence electrons. The Morgan fingerprint density at radius 1 is 0.872 bits per heavy atom. The summed E-state index contributed by atoms with van der Waals surface area (Å²) < 4.78 is 30.5. The largest absolute Gasteiger partial charge is 0.394 e. The molecule has 2 heterocycles. The molecule has 39 heavy (non-hydrogen) atoms. The van der Waals surface area contributed by atoms with Crippen molar-refractivity contribution in [2.24, 2.45) is 11.0 Å². The van der Waals surface area contributed by atoms with Crippen molar-refractivity contribution >= 4 is 0 Å². The van der Waals surface area contributed by atoms with Gasteiger partial charge in [0.25, 0.3) is 0 Å². The van der Waals surface area contributed by atoms with E-state index in [0.717, 1.165) is 11.1 Å². The van der Waals surface area contributed by atoms with Crippen molar-refractivity contribution in [3.63, 3.8) is 0 Å². The van der Waals surface area contributed by atoms with Crippen molar-refractivity contribution in [1.82, 2.24) is 0 Å². The van der Waals surface area contributed by atoms with E-state index >= 15 is 0 Å². The first-order chi connectivity index (χ1) is 18.9. The Bertz CT molecular complexity index is 1060. The van der Waals surface area contributed by atoms with Gasteiger partial charge in [0.05, 0.1) is 44.7 Å². The van der Waals surface area contributed by atoms with Gasteiger partial charge in [-0.15, -0.1) is 0 Å². The van der Waals surface area contributed by atoms with Crippen LogP contribution >= 0.6 is 0 Å². The minimum Gasteiger partial charge on any atom is -0.394 e. The monoisotopic (exact) mass is 543 g/mol. The summed E-state index contributed by atoms with van der Waals surface area (Å²) in [5.74, 6) is -0.315. The van der Waals surface area contributed by atoms with Crippen molar-refractivity contribution < 1.29 is 39.0 Å². The third-order valence-corrected chi connectivity index (χ3v) is 7.27. The third-order valence-electron chi connectivity index (χ3n) is 7.27. The third kappa shape index (κ3) is 7.34. The number of benzene rings is 2. The quantitative estimate of drug-likeness (QED) is 0.222. The molecule has 11 heteroatoms. The van der Waals surface area contributed by atoms with Gasteiger partial charge in [0.1, 0.15) is 30.5 Å². The molecule has 2 aliphatic heterocycles. The van der Waals surface area contributed by atoms with Gasteiger partial charge in [-0.1, -0.05) is 72.7 Å². The molecule has 2 aromatic carbocycles. The van der Waals surface area contributed by atoms with Crippen molar-refractivity contribution in [1.29, 1.82) is 0 Å². The summed E-state index contributed by atoms with van der Waals surface area (Å²) in [6.45, 7) is 3.90. The molecule has 0 radical (unpaired) electrons. The molecule has 2 fully saturated rings.